The fraction of sp³-hybridized carbons (Fsp3) is 0.538. The van der Waals surface area contributed by atoms with Gasteiger partial charge in [0.2, 0.25) is 0 Å². The second-order valence-electron chi connectivity index (χ2n) is 4.32. The van der Waals surface area contributed by atoms with Crippen LogP contribution in [0.25, 0.3) is 0 Å². The molecule has 1 aliphatic heterocycles. The minimum Gasteiger partial charge on any atom is -0.490 e. The lowest BCUT2D eigenvalue weighted by Crippen LogP contribution is -2.23. The van der Waals surface area contributed by atoms with Crippen LogP contribution in [0, 0.1) is 0 Å². The van der Waals surface area contributed by atoms with Gasteiger partial charge in [-0.15, -0.1) is 0 Å². The molecule has 0 spiro atoms. The molecule has 0 bridgehead atoms. The molecule has 1 heterocycles. The Labute approximate surface area is 106 Å². The number of nitrogens with two attached hydrogens (primary N) is 1. The van der Waals surface area contributed by atoms with E-state index in [1.54, 1.807) is 0 Å². The molecule has 1 saturated heterocycles. The van der Waals surface area contributed by atoms with Crippen LogP contribution in [-0.4, -0.2) is 29.3 Å². The van der Waals surface area contributed by atoms with Crippen molar-refractivity contribution in [3.05, 3.63) is 29.8 Å². The lowest BCUT2D eigenvalue weighted by molar-refractivity contribution is 0.211. The van der Waals surface area contributed by atoms with Crippen LogP contribution in [-0.2, 0) is 0 Å². The second-order valence-corrected chi connectivity index (χ2v) is 5.46. The monoisotopic (exact) mass is 253 g/mol. The van der Waals surface area contributed by atoms with E-state index in [0.717, 1.165) is 23.5 Å². The van der Waals surface area contributed by atoms with Crippen molar-refractivity contribution in [3.8, 4) is 5.75 Å². The highest BCUT2D eigenvalue weighted by Gasteiger charge is 2.15. The predicted molar refractivity (Wildman–Crippen MR) is 71.4 cm³/mol. The predicted octanol–water partition coefficient (Wildman–Crippen LogP) is 1.95. The fourth-order valence-electron chi connectivity index (χ4n) is 1.90. The van der Waals surface area contributed by atoms with E-state index in [2.05, 4.69) is 0 Å². The molecular weight excluding hydrogens is 234 g/mol. The van der Waals surface area contributed by atoms with Crippen LogP contribution < -0.4 is 10.5 Å². The minimum atomic E-state index is -0.297. The lowest BCUT2D eigenvalue weighted by atomic mass is 10.1. The van der Waals surface area contributed by atoms with Gasteiger partial charge in [0.15, 0.2) is 0 Å². The van der Waals surface area contributed by atoms with Gasteiger partial charge in [-0.3, -0.25) is 0 Å². The van der Waals surface area contributed by atoms with Gasteiger partial charge in [-0.05, 0) is 36.3 Å². The SMILES string of the molecule is NC(CO)c1ccc(OC2CCCSC2)cc1. The van der Waals surface area contributed by atoms with Gasteiger partial charge in [-0.25, -0.2) is 0 Å². The van der Waals surface area contributed by atoms with Crippen LogP contribution in [0.4, 0.5) is 0 Å². The average Bonchev–Trinajstić information content (AvgIpc) is 2.40. The smallest absolute Gasteiger partial charge is 0.119 e. The van der Waals surface area contributed by atoms with Gasteiger partial charge < -0.3 is 15.6 Å². The first kappa shape index (κ1) is 12.7. The third-order valence-electron chi connectivity index (χ3n) is 2.93. The molecule has 3 N–H and O–H groups in total. The fourth-order valence-corrected chi connectivity index (χ4v) is 2.93. The highest BCUT2D eigenvalue weighted by atomic mass is 32.2. The van der Waals surface area contributed by atoms with Gasteiger partial charge in [-0.2, -0.15) is 11.8 Å². The van der Waals surface area contributed by atoms with Crippen molar-refractivity contribution in [2.24, 2.45) is 5.73 Å². The molecule has 0 aliphatic carbocycles. The molecule has 0 saturated carbocycles. The van der Waals surface area contributed by atoms with Crippen molar-refractivity contribution < 1.29 is 9.84 Å². The van der Waals surface area contributed by atoms with E-state index in [4.69, 9.17) is 15.6 Å². The molecule has 1 fully saturated rings. The first-order valence-electron chi connectivity index (χ1n) is 6.00. The van der Waals surface area contributed by atoms with Gasteiger partial charge in [0, 0.05) is 5.75 Å². The van der Waals surface area contributed by atoms with Gasteiger partial charge in [0.05, 0.1) is 12.6 Å². The third-order valence-corrected chi connectivity index (χ3v) is 4.11. The Kier molecular flexibility index (Phi) is 4.71. The van der Waals surface area contributed by atoms with Gasteiger partial charge >= 0.3 is 0 Å². The quantitative estimate of drug-likeness (QED) is 0.861. The van der Waals surface area contributed by atoms with Crippen molar-refractivity contribution >= 4 is 11.8 Å². The first-order valence-corrected chi connectivity index (χ1v) is 7.16. The molecule has 1 aromatic carbocycles. The molecule has 4 heteroatoms. The molecule has 0 aromatic heterocycles. The van der Waals surface area contributed by atoms with Crippen LogP contribution in [0.3, 0.4) is 0 Å². The topological polar surface area (TPSA) is 55.5 Å². The van der Waals surface area contributed by atoms with E-state index in [1.807, 2.05) is 36.0 Å². The highest BCUT2D eigenvalue weighted by Crippen LogP contribution is 2.23. The maximum absolute atomic E-state index is 8.96. The molecule has 1 aromatic rings. The number of thioether (sulfide) groups is 1. The summed E-state index contributed by atoms with van der Waals surface area (Å²) in [7, 11) is 0. The number of hydrogen-bond donors (Lipinski definition) is 2. The number of aliphatic hydroxyl groups is 1. The average molecular weight is 253 g/mol. The number of rotatable bonds is 4. The van der Waals surface area contributed by atoms with Crippen molar-refractivity contribution in [2.45, 2.75) is 25.0 Å². The van der Waals surface area contributed by atoms with E-state index < -0.39 is 0 Å². The van der Waals surface area contributed by atoms with Crippen molar-refractivity contribution in [1.29, 1.82) is 0 Å². The molecule has 3 nitrogen and oxygen atoms in total. The number of benzene rings is 1. The van der Waals surface area contributed by atoms with E-state index in [9.17, 15) is 0 Å². The van der Waals surface area contributed by atoms with Crippen LogP contribution in [0.15, 0.2) is 24.3 Å². The zero-order valence-electron chi connectivity index (χ0n) is 9.84. The van der Waals surface area contributed by atoms with E-state index in [1.165, 1.54) is 12.2 Å². The molecule has 2 rings (SSSR count). The summed E-state index contributed by atoms with van der Waals surface area (Å²) in [5.74, 6) is 3.23. The summed E-state index contributed by atoms with van der Waals surface area (Å²) in [6, 6.07) is 7.42. The zero-order valence-corrected chi connectivity index (χ0v) is 10.7. The summed E-state index contributed by atoms with van der Waals surface area (Å²) in [5.41, 5.74) is 6.68. The van der Waals surface area contributed by atoms with Crippen LogP contribution in [0.2, 0.25) is 0 Å². The standard InChI is InChI=1S/C13H19NO2S/c14-13(8-15)10-3-5-11(6-4-10)16-12-2-1-7-17-9-12/h3-6,12-13,15H,1-2,7-9,14H2. The number of aliphatic hydroxyl groups excluding tert-OH is 1. The Balaban J connectivity index is 1.93. The summed E-state index contributed by atoms with van der Waals surface area (Å²) in [6.07, 6.45) is 2.72. The van der Waals surface area contributed by atoms with Crippen molar-refractivity contribution in [1.82, 2.24) is 0 Å². The molecule has 0 radical (unpaired) electrons. The van der Waals surface area contributed by atoms with E-state index >= 15 is 0 Å². The van der Waals surface area contributed by atoms with E-state index in [-0.39, 0.29) is 12.6 Å². The molecule has 94 valence electrons. The van der Waals surface area contributed by atoms with E-state index in [0.29, 0.717) is 6.10 Å². The molecular formula is C13H19NO2S. The maximum atomic E-state index is 8.96. The highest BCUT2D eigenvalue weighted by molar-refractivity contribution is 7.99. The van der Waals surface area contributed by atoms with Gasteiger partial charge in [0.25, 0.3) is 0 Å². The van der Waals surface area contributed by atoms with Crippen LogP contribution in [0.5, 0.6) is 5.75 Å². The Morgan fingerprint density at radius 1 is 1.41 bits per heavy atom. The molecule has 0 amide bonds. The Morgan fingerprint density at radius 3 is 2.76 bits per heavy atom. The van der Waals surface area contributed by atoms with Crippen molar-refractivity contribution in [2.75, 3.05) is 18.1 Å². The molecule has 2 atom stereocenters. The van der Waals surface area contributed by atoms with Crippen LogP contribution in [0.1, 0.15) is 24.4 Å². The molecule has 2 unspecified atom stereocenters. The number of ether oxygens (including phenoxy) is 1. The summed E-state index contributed by atoms with van der Waals surface area (Å²) >= 11 is 1.96. The third kappa shape index (κ3) is 3.63. The zero-order chi connectivity index (χ0) is 12.1. The maximum Gasteiger partial charge on any atom is 0.119 e. The summed E-state index contributed by atoms with van der Waals surface area (Å²) in [5, 5.41) is 8.96. The first-order chi connectivity index (χ1) is 8.29. The number of hydrogen-bond acceptors (Lipinski definition) is 4. The summed E-state index contributed by atoms with van der Waals surface area (Å²) < 4.78 is 5.90. The molecule has 1 aliphatic rings. The van der Waals surface area contributed by atoms with Crippen LogP contribution >= 0.6 is 11.8 Å². The normalized spacial score (nSPS) is 22.1. The second kappa shape index (κ2) is 6.28. The summed E-state index contributed by atoms with van der Waals surface area (Å²) in [6.45, 7) is -0.0283. The van der Waals surface area contributed by atoms with Crippen molar-refractivity contribution in [3.63, 3.8) is 0 Å². The van der Waals surface area contributed by atoms with Gasteiger partial charge in [0.1, 0.15) is 11.9 Å². The Morgan fingerprint density at radius 2 is 2.18 bits per heavy atom. The Bertz CT molecular complexity index is 336. The van der Waals surface area contributed by atoms with Gasteiger partial charge in [-0.1, -0.05) is 12.1 Å². The molecule has 17 heavy (non-hydrogen) atoms. The Hall–Kier alpha value is -0.710. The largest absolute Gasteiger partial charge is 0.490 e. The summed E-state index contributed by atoms with van der Waals surface area (Å²) in [4.78, 5) is 0. The lowest BCUT2D eigenvalue weighted by Gasteiger charge is -2.22. The minimum absolute atomic E-state index is 0.0283.